The molecule has 6 nitrogen and oxygen atoms in total. The minimum Gasteiger partial charge on any atom is -0.494 e. The van der Waals surface area contributed by atoms with Crippen LogP contribution in [0.2, 0.25) is 0 Å². The van der Waals surface area contributed by atoms with Gasteiger partial charge in [-0.1, -0.05) is 30.3 Å². The summed E-state index contributed by atoms with van der Waals surface area (Å²) in [5.41, 5.74) is 1.57. The van der Waals surface area contributed by atoms with Crippen LogP contribution in [0.3, 0.4) is 0 Å². The van der Waals surface area contributed by atoms with Crippen LogP contribution in [0.4, 0.5) is 4.79 Å². The molecule has 0 aliphatic carbocycles. The summed E-state index contributed by atoms with van der Waals surface area (Å²) >= 11 is 0. The number of ether oxygens (including phenoxy) is 2. The van der Waals surface area contributed by atoms with E-state index in [0.29, 0.717) is 38.1 Å². The Hall–Kier alpha value is -3.02. The van der Waals surface area contributed by atoms with Gasteiger partial charge in [-0.25, -0.2) is 4.79 Å². The van der Waals surface area contributed by atoms with Crippen molar-refractivity contribution in [2.24, 2.45) is 0 Å². The molecule has 1 heterocycles. The molecule has 0 unspecified atom stereocenters. The molecular formula is C22H26N2O4. The lowest BCUT2D eigenvalue weighted by atomic mass is 10.0. The molecule has 28 heavy (non-hydrogen) atoms. The van der Waals surface area contributed by atoms with Gasteiger partial charge in [0.2, 0.25) is 0 Å². The number of likely N-dealkylation sites (tertiary alicyclic amines) is 1. The van der Waals surface area contributed by atoms with Crippen LogP contribution in [0.25, 0.3) is 0 Å². The highest BCUT2D eigenvalue weighted by Crippen LogP contribution is 2.15. The first-order chi connectivity index (χ1) is 13.7. The number of benzene rings is 2. The van der Waals surface area contributed by atoms with Crippen molar-refractivity contribution >= 4 is 12.0 Å². The van der Waals surface area contributed by atoms with Gasteiger partial charge in [-0.3, -0.25) is 4.79 Å². The first-order valence-corrected chi connectivity index (χ1v) is 9.65. The molecule has 0 atom stereocenters. The van der Waals surface area contributed by atoms with Gasteiger partial charge >= 0.3 is 6.09 Å². The molecule has 1 aliphatic heterocycles. The van der Waals surface area contributed by atoms with Crippen molar-refractivity contribution < 1.29 is 19.1 Å². The van der Waals surface area contributed by atoms with E-state index in [1.165, 1.54) is 0 Å². The Morgan fingerprint density at radius 2 is 1.71 bits per heavy atom. The van der Waals surface area contributed by atoms with Gasteiger partial charge in [0, 0.05) is 24.7 Å². The Balaban J connectivity index is 1.42. The van der Waals surface area contributed by atoms with E-state index >= 15 is 0 Å². The SMILES string of the molecule is CCOc1ccc(C(=O)NC2CCN(C(=O)OCc3ccccc3)CC2)cc1. The van der Waals surface area contributed by atoms with E-state index < -0.39 is 0 Å². The van der Waals surface area contributed by atoms with Gasteiger partial charge in [0.25, 0.3) is 5.91 Å². The van der Waals surface area contributed by atoms with E-state index in [1.54, 1.807) is 29.2 Å². The Morgan fingerprint density at radius 3 is 2.36 bits per heavy atom. The van der Waals surface area contributed by atoms with Gasteiger partial charge in [0.1, 0.15) is 12.4 Å². The first kappa shape index (κ1) is 19.7. The van der Waals surface area contributed by atoms with E-state index in [9.17, 15) is 9.59 Å². The summed E-state index contributed by atoms with van der Waals surface area (Å²) in [6.07, 6.45) is 1.12. The summed E-state index contributed by atoms with van der Waals surface area (Å²) in [6, 6.07) is 16.8. The fourth-order valence-corrected chi connectivity index (χ4v) is 3.15. The summed E-state index contributed by atoms with van der Waals surface area (Å²) in [4.78, 5) is 26.3. The van der Waals surface area contributed by atoms with Crippen LogP contribution in [0.15, 0.2) is 54.6 Å². The molecule has 0 bridgehead atoms. The van der Waals surface area contributed by atoms with Crippen LogP contribution in [-0.2, 0) is 11.3 Å². The number of nitrogens with one attached hydrogen (secondary N) is 1. The topological polar surface area (TPSA) is 67.9 Å². The van der Waals surface area contributed by atoms with Crippen LogP contribution in [0.1, 0.15) is 35.7 Å². The third kappa shape index (κ3) is 5.49. The van der Waals surface area contributed by atoms with E-state index in [4.69, 9.17) is 9.47 Å². The van der Waals surface area contributed by atoms with Crippen LogP contribution >= 0.6 is 0 Å². The quantitative estimate of drug-likeness (QED) is 0.829. The second-order valence-corrected chi connectivity index (χ2v) is 6.73. The first-order valence-electron chi connectivity index (χ1n) is 9.65. The van der Waals surface area contributed by atoms with Crippen LogP contribution < -0.4 is 10.1 Å². The molecule has 0 aromatic heterocycles. The van der Waals surface area contributed by atoms with E-state index in [-0.39, 0.29) is 24.6 Å². The average molecular weight is 382 g/mol. The molecule has 0 spiro atoms. The fraction of sp³-hybridized carbons (Fsp3) is 0.364. The zero-order chi connectivity index (χ0) is 19.8. The maximum Gasteiger partial charge on any atom is 0.410 e. The predicted octanol–water partition coefficient (Wildman–Crippen LogP) is 3.62. The molecule has 0 radical (unpaired) electrons. The van der Waals surface area contributed by atoms with Crippen molar-refractivity contribution in [3.63, 3.8) is 0 Å². The lowest BCUT2D eigenvalue weighted by Gasteiger charge is -2.31. The number of rotatable bonds is 6. The van der Waals surface area contributed by atoms with Crippen LogP contribution in [0, 0.1) is 0 Å². The van der Waals surface area contributed by atoms with Gasteiger partial charge in [-0.15, -0.1) is 0 Å². The second kappa shape index (κ2) is 9.78. The molecule has 3 rings (SSSR count). The normalized spacial score (nSPS) is 14.4. The minimum atomic E-state index is -0.305. The Morgan fingerprint density at radius 1 is 1.04 bits per heavy atom. The van der Waals surface area contributed by atoms with Gasteiger partial charge in [-0.05, 0) is 49.6 Å². The van der Waals surface area contributed by atoms with Crippen molar-refractivity contribution in [3.05, 3.63) is 65.7 Å². The highest BCUT2D eigenvalue weighted by atomic mass is 16.6. The van der Waals surface area contributed by atoms with Gasteiger partial charge < -0.3 is 19.7 Å². The summed E-state index contributed by atoms with van der Waals surface area (Å²) in [7, 11) is 0. The van der Waals surface area contributed by atoms with Gasteiger partial charge in [-0.2, -0.15) is 0 Å². The smallest absolute Gasteiger partial charge is 0.410 e. The second-order valence-electron chi connectivity index (χ2n) is 6.73. The molecule has 1 fully saturated rings. The van der Waals surface area contributed by atoms with Crippen molar-refractivity contribution in [3.8, 4) is 5.75 Å². The number of hydrogen-bond donors (Lipinski definition) is 1. The lowest BCUT2D eigenvalue weighted by Crippen LogP contribution is -2.46. The molecule has 2 aromatic rings. The van der Waals surface area contributed by atoms with Gasteiger partial charge in [0.15, 0.2) is 0 Å². The monoisotopic (exact) mass is 382 g/mol. The predicted molar refractivity (Wildman–Crippen MR) is 106 cm³/mol. The highest BCUT2D eigenvalue weighted by Gasteiger charge is 2.25. The zero-order valence-electron chi connectivity index (χ0n) is 16.1. The molecule has 2 aromatic carbocycles. The Kier molecular flexibility index (Phi) is 6.89. The maximum absolute atomic E-state index is 12.4. The fourth-order valence-electron chi connectivity index (χ4n) is 3.15. The van der Waals surface area contributed by atoms with Crippen molar-refractivity contribution in [1.82, 2.24) is 10.2 Å². The summed E-state index contributed by atoms with van der Waals surface area (Å²) < 4.78 is 10.8. The third-order valence-corrected chi connectivity index (χ3v) is 4.72. The summed E-state index contributed by atoms with van der Waals surface area (Å²) in [5, 5.41) is 3.05. The number of carbonyl (C=O) groups is 2. The third-order valence-electron chi connectivity index (χ3n) is 4.72. The number of piperidine rings is 1. The standard InChI is InChI=1S/C22H26N2O4/c1-2-27-20-10-8-18(9-11-20)21(25)23-19-12-14-24(15-13-19)22(26)28-16-17-6-4-3-5-7-17/h3-11,19H,2,12-16H2,1H3,(H,23,25). The van der Waals surface area contributed by atoms with Gasteiger partial charge in [0.05, 0.1) is 6.61 Å². The largest absolute Gasteiger partial charge is 0.494 e. The summed E-state index contributed by atoms with van der Waals surface area (Å²) in [6.45, 7) is 3.93. The Labute approximate surface area is 165 Å². The number of hydrogen-bond acceptors (Lipinski definition) is 4. The molecule has 148 valence electrons. The number of nitrogens with zero attached hydrogens (tertiary/aromatic N) is 1. The Bertz CT molecular complexity index is 769. The van der Waals surface area contributed by atoms with Crippen molar-refractivity contribution in [1.29, 1.82) is 0 Å². The van der Waals surface area contributed by atoms with Crippen LogP contribution in [-0.4, -0.2) is 42.6 Å². The average Bonchev–Trinajstić information content (AvgIpc) is 2.74. The molecule has 1 saturated heterocycles. The summed E-state index contributed by atoms with van der Waals surface area (Å²) in [5.74, 6) is 0.648. The van der Waals surface area contributed by atoms with Crippen molar-refractivity contribution in [2.75, 3.05) is 19.7 Å². The molecule has 0 saturated carbocycles. The number of carbonyl (C=O) groups excluding carboxylic acids is 2. The molecule has 2 amide bonds. The highest BCUT2D eigenvalue weighted by molar-refractivity contribution is 5.94. The lowest BCUT2D eigenvalue weighted by molar-refractivity contribution is 0.0809. The molecule has 1 aliphatic rings. The molecule has 6 heteroatoms. The molecule has 1 N–H and O–H groups in total. The van der Waals surface area contributed by atoms with Crippen molar-refractivity contribution in [2.45, 2.75) is 32.4 Å². The van der Waals surface area contributed by atoms with Crippen LogP contribution in [0.5, 0.6) is 5.75 Å². The molecular weight excluding hydrogens is 356 g/mol. The van der Waals surface area contributed by atoms with E-state index in [1.807, 2.05) is 37.3 Å². The van der Waals surface area contributed by atoms with E-state index in [2.05, 4.69) is 5.32 Å². The van der Waals surface area contributed by atoms with E-state index in [0.717, 1.165) is 11.3 Å². The number of amides is 2. The maximum atomic E-state index is 12.4. The zero-order valence-corrected chi connectivity index (χ0v) is 16.1. The minimum absolute atomic E-state index is 0.0530.